The number of amides is 3. The van der Waals surface area contributed by atoms with Crippen LogP contribution < -0.4 is 10.6 Å². The molecular formula is C12H19N3O3. The van der Waals surface area contributed by atoms with E-state index in [1.807, 2.05) is 6.92 Å². The van der Waals surface area contributed by atoms with Crippen molar-refractivity contribution >= 4 is 17.7 Å². The summed E-state index contributed by atoms with van der Waals surface area (Å²) in [7, 11) is 0. The number of likely N-dealkylation sites (tertiary alicyclic amines) is 1. The third kappa shape index (κ3) is 2.53. The highest BCUT2D eigenvalue weighted by Gasteiger charge is 2.40. The van der Waals surface area contributed by atoms with Crippen molar-refractivity contribution in [2.24, 2.45) is 0 Å². The molecule has 2 rings (SSSR count). The molecule has 0 radical (unpaired) electrons. The Morgan fingerprint density at radius 2 is 2.11 bits per heavy atom. The van der Waals surface area contributed by atoms with Crippen LogP contribution in [0.5, 0.6) is 0 Å². The molecule has 2 fully saturated rings. The van der Waals surface area contributed by atoms with Gasteiger partial charge in [0.1, 0.15) is 6.04 Å². The average molecular weight is 253 g/mol. The van der Waals surface area contributed by atoms with Gasteiger partial charge >= 0.3 is 0 Å². The Bertz CT molecular complexity index is 370. The van der Waals surface area contributed by atoms with E-state index in [1.165, 1.54) is 0 Å². The summed E-state index contributed by atoms with van der Waals surface area (Å²) in [4.78, 5) is 36.5. The van der Waals surface area contributed by atoms with Gasteiger partial charge in [0.25, 0.3) is 0 Å². The standard InChI is InChI=1S/C12H19N3O3/c1-2-6-13-8-5-7-15(12(8)18)9-3-4-10(16)14-11(9)17/h8-9,13H,2-7H2,1H3,(H,14,16,17). The molecule has 0 spiro atoms. The van der Waals surface area contributed by atoms with E-state index in [9.17, 15) is 14.4 Å². The molecule has 2 unspecified atom stereocenters. The molecule has 0 aromatic carbocycles. The molecule has 100 valence electrons. The zero-order valence-electron chi connectivity index (χ0n) is 10.6. The normalized spacial score (nSPS) is 28.7. The van der Waals surface area contributed by atoms with Gasteiger partial charge in [-0.1, -0.05) is 6.92 Å². The summed E-state index contributed by atoms with van der Waals surface area (Å²) in [6.45, 7) is 3.44. The van der Waals surface area contributed by atoms with Gasteiger partial charge in [0.2, 0.25) is 17.7 Å². The number of hydrogen-bond donors (Lipinski definition) is 2. The van der Waals surface area contributed by atoms with Crippen LogP contribution in [-0.4, -0.2) is 47.8 Å². The lowest BCUT2D eigenvalue weighted by molar-refractivity contribution is -0.144. The fraction of sp³-hybridized carbons (Fsp3) is 0.750. The molecule has 2 heterocycles. The van der Waals surface area contributed by atoms with Gasteiger partial charge in [-0.3, -0.25) is 19.7 Å². The molecule has 0 aromatic heterocycles. The zero-order chi connectivity index (χ0) is 13.1. The highest BCUT2D eigenvalue weighted by Crippen LogP contribution is 2.20. The maximum Gasteiger partial charge on any atom is 0.249 e. The molecule has 2 aliphatic heterocycles. The predicted molar refractivity (Wildman–Crippen MR) is 64.6 cm³/mol. The van der Waals surface area contributed by atoms with Crippen molar-refractivity contribution in [2.45, 2.75) is 44.7 Å². The number of rotatable bonds is 4. The van der Waals surface area contributed by atoms with E-state index in [2.05, 4.69) is 10.6 Å². The maximum atomic E-state index is 12.1. The monoisotopic (exact) mass is 253 g/mol. The van der Waals surface area contributed by atoms with Crippen molar-refractivity contribution in [3.8, 4) is 0 Å². The summed E-state index contributed by atoms with van der Waals surface area (Å²) in [6, 6.07) is -0.640. The van der Waals surface area contributed by atoms with E-state index in [0.29, 0.717) is 19.4 Å². The molecule has 6 heteroatoms. The maximum absolute atomic E-state index is 12.1. The molecule has 3 amide bonds. The van der Waals surface area contributed by atoms with Gasteiger partial charge in [0, 0.05) is 13.0 Å². The van der Waals surface area contributed by atoms with Gasteiger partial charge in [0.05, 0.1) is 6.04 Å². The van der Waals surface area contributed by atoms with E-state index >= 15 is 0 Å². The fourth-order valence-corrected chi connectivity index (χ4v) is 2.50. The van der Waals surface area contributed by atoms with E-state index in [1.54, 1.807) is 4.90 Å². The summed E-state index contributed by atoms with van der Waals surface area (Å²) in [6.07, 6.45) is 2.46. The summed E-state index contributed by atoms with van der Waals surface area (Å²) in [5.41, 5.74) is 0. The Morgan fingerprint density at radius 1 is 1.33 bits per heavy atom. The molecule has 6 nitrogen and oxygen atoms in total. The minimum atomic E-state index is -0.469. The summed E-state index contributed by atoms with van der Waals surface area (Å²) in [5, 5.41) is 5.48. The number of nitrogens with zero attached hydrogens (tertiary/aromatic N) is 1. The number of nitrogens with one attached hydrogen (secondary N) is 2. The lowest BCUT2D eigenvalue weighted by Crippen LogP contribution is -2.54. The number of hydrogen-bond acceptors (Lipinski definition) is 4. The van der Waals surface area contributed by atoms with Crippen molar-refractivity contribution in [1.82, 2.24) is 15.5 Å². The van der Waals surface area contributed by atoms with Crippen LogP contribution in [0.3, 0.4) is 0 Å². The number of carbonyl (C=O) groups excluding carboxylic acids is 3. The van der Waals surface area contributed by atoms with Crippen LogP contribution >= 0.6 is 0 Å². The Labute approximate surface area is 106 Å². The van der Waals surface area contributed by atoms with Crippen molar-refractivity contribution < 1.29 is 14.4 Å². The van der Waals surface area contributed by atoms with Crippen molar-refractivity contribution in [1.29, 1.82) is 0 Å². The smallest absolute Gasteiger partial charge is 0.249 e. The van der Waals surface area contributed by atoms with Gasteiger partial charge in [-0.25, -0.2) is 0 Å². The summed E-state index contributed by atoms with van der Waals surface area (Å²) in [5.74, 6) is -0.600. The van der Waals surface area contributed by atoms with E-state index < -0.39 is 6.04 Å². The minimum Gasteiger partial charge on any atom is -0.329 e. The summed E-state index contributed by atoms with van der Waals surface area (Å²) >= 11 is 0. The topological polar surface area (TPSA) is 78.5 Å². The molecule has 2 aliphatic rings. The van der Waals surface area contributed by atoms with Crippen molar-refractivity contribution in [3.63, 3.8) is 0 Å². The molecular weight excluding hydrogens is 234 g/mol. The molecule has 0 bridgehead atoms. The van der Waals surface area contributed by atoms with Crippen LogP contribution in [0.25, 0.3) is 0 Å². The van der Waals surface area contributed by atoms with Crippen LogP contribution in [0, 0.1) is 0 Å². The Balaban J connectivity index is 1.96. The van der Waals surface area contributed by atoms with Crippen LogP contribution in [0.2, 0.25) is 0 Å². The van der Waals surface area contributed by atoms with Crippen LogP contribution in [0.4, 0.5) is 0 Å². The third-order valence-corrected chi connectivity index (χ3v) is 3.47. The molecule has 0 saturated carbocycles. The van der Waals surface area contributed by atoms with Crippen molar-refractivity contribution in [2.75, 3.05) is 13.1 Å². The number of carbonyl (C=O) groups is 3. The van der Waals surface area contributed by atoms with Crippen LogP contribution in [-0.2, 0) is 14.4 Å². The molecule has 2 N–H and O–H groups in total. The second-order valence-electron chi connectivity index (χ2n) is 4.79. The second-order valence-corrected chi connectivity index (χ2v) is 4.79. The molecule has 0 aromatic rings. The highest BCUT2D eigenvalue weighted by atomic mass is 16.2. The van der Waals surface area contributed by atoms with Crippen LogP contribution in [0.15, 0.2) is 0 Å². The van der Waals surface area contributed by atoms with Gasteiger partial charge in [-0.15, -0.1) is 0 Å². The van der Waals surface area contributed by atoms with E-state index in [4.69, 9.17) is 0 Å². The molecule has 18 heavy (non-hydrogen) atoms. The first kappa shape index (κ1) is 13.0. The molecule has 2 saturated heterocycles. The van der Waals surface area contributed by atoms with Gasteiger partial charge in [0.15, 0.2) is 0 Å². The minimum absolute atomic E-state index is 0.0158. The van der Waals surface area contributed by atoms with Crippen molar-refractivity contribution in [3.05, 3.63) is 0 Å². The SMILES string of the molecule is CCCNC1CCN(C2CCC(=O)NC2=O)C1=O. The summed E-state index contributed by atoms with van der Waals surface area (Å²) < 4.78 is 0. The van der Waals surface area contributed by atoms with Gasteiger partial charge in [-0.05, 0) is 25.8 Å². The lowest BCUT2D eigenvalue weighted by atomic mass is 10.0. The Hall–Kier alpha value is -1.43. The molecule has 2 atom stereocenters. The Kier molecular flexibility index (Phi) is 3.96. The largest absolute Gasteiger partial charge is 0.329 e. The average Bonchev–Trinajstić information content (AvgIpc) is 2.68. The lowest BCUT2D eigenvalue weighted by Gasteiger charge is -2.29. The first-order chi connectivity index (χ1) is 8.63. The van der Waals surface area contributed by atoms with Gasteiger partial charge in [-0.2, -0.15) is 0 Å². The van der Waals surface area contributed by atoms with Crippen LogP contribution in [0.1, 0.15) is 32.6 Å². The third-order valence-electron chi connectivity index (χ3n) is 3.47. The highest BCUT2D eigenvalue weighted by molar-refractivity contribution is 6.02. The Morgan fingerprint density at radius 3 is 2.78 bits per heavy atom. The molecule has 0 aliphatic carbocycles. The quantitative estimate of drug-likeness (QED) is 0.655. The van der Waals surface area contributed by atoms with E-state index in [-0.39, 0.29) is 23.8 Å². The first-order valence-corrected chi connectivity index (χ1v) is 6.51. The fourth-order valence-electron chi connectivity index (χ4n) is 2.50. The van der Waals surface area contributed by atoms with E-state index in [0.717, 1.165) is 19.4 Å². The van der Waals surface area contributed by atoms with Gasteiger partial charge < -0.3 is 10.2 Å². The number of imide groups is 1. The first-order valence-electron chi connectivity index (χ1n) is 6.51. The number of piperidine rings is 1. The zero-order valence-corrected chi connectivity index (χ0v) is 10.6. The second kappa shape index (κ2) is 5.48. The predicted octanol–water partition coefficient (Wildman–Crippen LogP) is -0.608.